The maximum absolute atomic E-state index is 12.1. The first kappa shape index (κ1) is 22.4. The van der Waals surface area contributed by atoms with Gasteiger partial charge in [-0.15, -0.1) is 0 Å². The molecule has 2 aromatic rings. The molecule has 0 radical (unpaired) electrons. The van der Waals surface area contributed by atoms with Gasteiger partial charge in [-0.05, 0) is 36.4 Å². The van der Waals surface area contributed by atoms with Crippen molar-refractivity contribution in [1.82, 2.24) is 0 Å². The molecule has 10 heteroatoms. The van der Waals surface area contributed by atoms with Gasteiger partial charge in [0.05, 0.1) is 35.9 Å². The topological polar surface area (TPSA) is 108 Å². The maximum atomic E-state index is 12.1. The minimum Gasteiger partial charge on any atom is -0.465 e. The predicted molar refractivity (Wildman–Crippen MR) is 107 cm³/mol. The molecule has 29 heavy (non-hydrogen) atoms. The minimum absolute atomic E-state index is 0.0311. The molecule has 1 amide bonds. The van der Waals surface area contributed by atoms with Crippen LogP contribution < -0.4 is 5.32 Å². The second kappa shape index (κ2) is 10.0. The Morgan fingerprint density at radius 1 is 0.931 bits per heavy atom. The van der Waals surface area contributed by atoms with Crippen molar-refractivity contribution in [2.75, 3.05) is 26.1 Å². The highest BCUT2D eigenvalue weighted by Crippen LogP contribution is 2.22. The molecule has 0 bridgehead atoms. The Labute approximate surface area is 179 Å². The first-order valence-corrected chi connectivity index (χ1v) is 9.16. The minimum atomic E-state index is -0.787. The molecule has 0 saturated heterocycles. The molecule has 0 aliphatic heterocycles. The molecule has 0 spiro atoms. The van der Waals surface area contributed by atoms with E-state index in [1.54, 1.807) is 6.07 Å². The number of hydrogen-bond acceptors (Lipinski definition) is 7. The number of methoxy groups -OCH3 is 2. The smallest absolute Gasteiger partial charge is 0.340 e. The Morgan fingerprint density at radius 3 is 2.07 bits per heavy atom. The molecule has 0 atom stereocenters. The summed E-state index contributed by atoms with van der Waals surface area (Å²) in [6, 6.07) is 8.51. The molecular weight excluding hydrogens is 470 g/mol. The molecular formula is C19H15BrClNO7. The Morgan fingerprint density at radius 2 is 1.52 bits per heavy atom. The van der Waals surface area contributed by atoms with Crippen LogP contribution in [0.15, 0.2) is 40.9 Å². The first-order valence-electron chi connectivity index (χ1n) is 7.99. The van der Waals surface area contributed by atoms with E-state index in [9.17, 15) is 19.2 Å². The maximum Gasteiger partial charge on any atom is 0.340 e. The van der Waals surface area contributed by atoms with Crippen molar-refractivity contribution < 1.29 is 33.4 Å². The van der Waals surface area contributed by atoms with Gasteiger partial charge in [0.2, 0.25) is 0 Å². The van der Waals surface area contributed by atoms with Crippen LogP contribution in [0.3, 0.4) is 0 Å². The summed E-state index contributed by atoms with van der Waals surface area (Å²) in [6.07, 6.45) is 0. The van der Waals surface area contributed by atoms with E-state index in [1.165, 1.54) is 44.6 Å². The van der Waals surface area contributed by atoms with Crippen LogP contribution in [-0.2, 0) is 19.0 Å². The lowest BCUT2D eigenvalue weighted by Crippen LogP contribution is -2.21. The van der Waals surface area contributed by atoms with Gasteiger partial charge in [-0.1, -0.05) is 27.5 Å². The molecule has 8 nitrogen and oxygen atoms in total. The van der Waals surface area contributed by atoms with Gasteiger partial charge in [0.15, 0.2) is 6.61 Å². The normalized spacial score (nSPS) is 10.1. The van der Waals surface area contributed by atoms with Crippen LogP contribution in [0.1, 0.15) is 31.1 Å². The molecule has 0 saturated carbocycles. The number of ether oxygens (including phenoxy) is 3. The van der Waals surface area contributed by atoms with Gasteiger partial charge in [-0.3, -0.25) is 4.79 Å². The number of rotatable bonds is 6. The van der Waals surface area contributed by atoms with Crippen molar-refractivity contribution >= 4 is 57.0 Å². The molecule has 1 N–H and O–H groups in total. The fraction of sp³-hybridized carbons (Fsp3) is 0.158. The van der Waals surface area contributed by atoms with Crippen LogP contribution in [0.4, 0.5) is 5.69 Å². The van der Waals surface area contributed by atoms with Crippen LogP contribution in [-0.4, -0.2) is 44.6 Å². The summed E-state index contributed by atoms with van der Waals surface area (Å²) in [6.45, 7) is -0.613. The first-order chi connectivity index (χ1) is 13.7. The van der Waals surface area contributed by atoms with Gasteiger partial charge in [0, 0.05) is 10.2 Å². The van der Waals surface area contributed by atoms with Crippen LogP contribution in [0.25, 0.3) is 0 Å². The van der Waals surface area contributed by atoms with Crippen molar-refractivity contribution in [2.45, 2.75) is 0 Å². The summed E-state index contributed by atoms with van der Waals surface area (Å²) < 4.78 is 14.8. The van der Waals surface area contributed by atoms with Crippen molar-refractivity contribution in [3.05, 3.63) is 62.6 Å². The largest absolute Gasteiger partial charge is 0.465 e. The monoisotopic (exact) mass is 483 g/mol. The number of anilines is 1. The third-order valence-corrected chi connectivity index (χ3v) is 4.36. The van der Waals surface area contributed by atoms with E-state index in [0.29, 0.717) is 4.47 Å². The van der Waals surface area contributed by atoms with E-state index in [-0.39, 0.29) is 27.4 Å². The highest BCUT2D eigenvalue weighted by molar-refractivity contribution is 9.10. The van der Waals surface area contributed by atoms with Gasteiger partial charge in [0.25, 0.3) is 5.91 Å². The average Bonchev–Trinajstić information content (AvgIpc) is 2.72. The van der Waals surface area contributed by atoms with E-state index in [2.05, 4.69) is 30.7 Å². The number of esters is 3. The van der Waals surface area contributed by atoms with Gasteiger partial charge in [-0.25, -0.2) is 14.4 Å². The summed E-state index contributed by atoms with van der Waals surface area (Å²) in [5, 5.41) is 2.61. The van der Waals surface area contributed by atoms with Crippen LogP contribution in [0, 0.1) is 0 Å². The summed E-state index contributed by atoms with van der Waals surface area (Å²) in [7, 11) is 2.36. The number of carbonyl (C=O) groups is 4. The zero-order valence-corrected chi connectivity index (χ0v) is 17.6. The summed E-state index contributed by atoms with van der Waals surface area (Å²) in [4.78, 5) is 47.8. The van der Waals surface area contributed by atoms with Gasteiger partial charge in [-0.2, -0.15) is 0 Å². The van der Waals surface area contributed by atoms with Gasteiger partial charge < -0.3 is 19.5 Å². The quantitative estimate of drug-likeness (QED) is 0.494. The number of nitrogens with one attached hydrogen (secondary N) is 1. The standard InChI is InChI=1S/C19H15BrClNO7/c1-27-17(24)10-5-11(18(25)28-2)7-13(6-10)22-16(23)9-29-19(26)14-8-12(20)3-4-15(14)21/h3-8H,9H2,1-2H3,(H,22,23). The van der Waals surface area contributed by atoms with Crippen molar-refractivity contribution in [3.63, 3.8) is 0 Å². The number of carbonyl (C=O) groups excluding carboxylic acids is 4. The Balaban J connectivity index is 2.11. The number of amides is 1. The van der Waals surface area contributed by atoms with Crippen molar-refractivity contribution in [3.8, 4) is 0 Å². The Hall–Kier alpha value is -2.91. The Bertz CT molecular complexity index is 943. The highest BCUT2D eigenvalue weighted by atomic mass is 79.9. The summed E-state index contributed by atoms with van der Waals surface area (Å²) in [5.74, 6) is -2.89. The lowest BCUT2D eigenvalue weighted by molar-refractivity contribution is -0.119. The summed E-state index contributed by atoms with van der Waals surface area (Å²) >= 11 is 9.16. The van der Waals surface area contributed by atoms with Crippen LogP contribution in [0.2, 0.25) is 5.02 Å². The zero-order chi connectivity index (χ0) is 21.6. The number of halogens is 2. The fourth-order valence-corrected chi connectivity index (χ4v) is 2.79. The molecule has 0 heterocycles. The third-order valence-electron chi connectivity index (χ3n) is 3.54. The SMILES string of the molecule is COC(=O)c1cc(NC(=O)COC(=O)c2cc(Br)ccc2Cl)cc(C(=O)OC)c1. The average molecular weight is 485 g/mol. The van der Waals surface area contributed by atoms with Crippen LogP contribution in [0.5, 0.6) is 0 Å². The molecule has 0 unspecified atom stereocenters. The third kappa shape index (κ3) is 6.03. The second-order valence-corrected chi connectivity index (χ2v) is 6.85. The lowest BCUT2D eigenvalue weighted by atomic mass is 10.1. The van der Waals surface area contributed by atoms with Crippen molar-refractivity contribution in [1.29, 1.82) is 0 Å². The number of hydrogen-bond donors (Lipinski definition) is 1. The second-order valence-electron chi connectivity index (χ2n) is 5.53. The molecule has 0 aliphatic carbocycles. The van der Waals surface area contributed by atoms with E-state index in [4.69, 9.17) is 16.3 Å². The molecule has 2 aromatic carbocycles. The molecule has 152 valence electrons. The predicted octanol–water partition coefficient (Wildman–Crippen LogP) is 3.47. The van der Waals surface area contributed by atoms with Gasteiger partial charge >= 0.3 is 17.9 Å². The Kier molecular flexibility index (Phi) is 7.74. The molecule has 2 rings (SSSR count). The molecule has 0 fully saturated rings. The fourth-order valence-electron chi connectivity index (χ4n) is 2.23. The van der Waals surface area contributed by atoms with E-state index < -0.39 is 30.4 Å². The van der Waals surface area contributed by atoms with E-state index in [0.717, 1.165) is 0 Å². The van der Waals surface area contributed by atoms with E-state index in [1.807, 2.05) is 0 Å². The zero-order valence-electron chi connectivity index (χ0n) is 15.3. The molecule has 0 aromatic heterocycles. The highest BCUT2D eigenvalue weighted by Gasteiger charge is 2.17. The molecule has 0 aliphatic rings. The van der Waals surface area contributed by atoms with Crippen molar-refractivity contribution in [2.24, 2.45) is 0 Å². The van der Waals surface area contributed by atoms with E-state index >= 15 is 0 Å². The lowest BCUT2D eigenvalue weighted by Gasteiger charge is -2.10. The number of benzene rings is 2. The van der Waals surface area contributed by atoms with Crippen LogP contribution >= 0.6 is 27.5 Å². The van der Waals surface area contributed by atoms with Gasteiger partial charge in [0.1, 0.15) is 0 Å². The summed E-state index contributed by atoms with van der Waals surface area (Å²) in [5.41, 5.74) is 0.275.